The van der Waals surface area contributed by atoms with Crippen LogP contribution in [0.4, 0.5) is 0 Å². The first-order chi connectivity index (χ1) is 11.3. The third kappa shape index (κ3) is 3.73. The first kappa shape index (κ1) is 17.2. The molecule has 2 aromatic rings. The maximum Gasteiger partial charge on any atom is 0.254 e. The van der Waals surface area contributed by atoms with Gasteiger partial charge in [-0.2, -0.15) is 0 Å². The molecule has 4 heteroatoms. The summed E-state index contributed by atoms with van der Waals surface area (Å²) < 4.78 is 0. The normalized spacial score (nSPS) is 18.4. The largest absolute Gasteiger partial charge is 0.339 e. The number of hydrogen-bond acceptors (Lipinski definition) is 2. The van der Waals surface area contributed by atoms with E-state index in [-0.39, 0.29) is 18.3 Å². The van der Waals surface area contributed by atoms with E-state index in [1.807, 2.05) is 35.2 Å². The Labute approximate surface area is 149 Å². The van der Waals surface area contributed by atoms with Crippen molar-refractivity contribution in [3.8, 4) is 0 Å². The third-order valence-electron chi connectivity index (χ3n) is 5.19. The number of halogens is 1. The predicted octanol–water partition coefficient (Wildman–Crippen LogP) is 3.87. The summed E-state index contributed by atoms with van der Waals surface area (Å²) in [6.07, 6.45) is 4.93. The standard InChI is InChI=1S/C20H24N2O.ClH/c23-20(19-7-3-5-16-4-1-2-6-18(16)19)22-12-10-17(11-13-22)21-14-15-8-9-15;/h1-7,15,17,21H,8-14H2;1H. The zero-order chi connectivity index (χ0) is 15.6. The van der Waals surface area contributed by atoms with Crippen LogP contribution in [0.1, 0.15) is 36.0 Å². The van der Waals surface area contributed by atoms with Gasteiger partial charge in [-0.05, 0) is 55.0 Å². The fourth-order valence-electron chi connectivity index (χ4n) is 3.52. The van der Waals surface area contributed by atoms with Crippen LogP contribution in [0.15, 0.2) is 42.5 Å². The molecule has 2 fully saturated rings. The molecule has 4 rings (SSSR count). The average Bonchev–Trinajstić information content (AvgIpc) is 3.44. The number of nitrogens with one attached hydrogen (secondary N) is 1. The highest BCUT2D eigenvalue weighted by molar-refractivity contribution is 6.07. The highest BCUT2D eigenvalue weighted by Crippen LogP contribution is 2.28. The quantitative estimate of drug-likeness (QED) is 0.913. The van der Waals surface area contributed by atoms with Gasteiger partial charge in [0, 0.05) is 24.7 Å². The molecule has 0 radical (unpaired) electrons. The van der Waals surface area contributed by atoms with E-state index in [1.165, 1.54) is 19.4 Å². The highest BCUT2D eigenvalue weighted by Gasteiger charge is 2.26. The Balaban J connectivity index is 0.00000169. The number of fused-ring (bicyclic) bond motifs is 1. The summed E-state index contributed by atoms with van der Waals surface area (Å²) in [5, 5.41) is 5.88. The topological polar surface area (TPSA) is 32.3 Å². The van der Waals surface area contributed by atoms with Crippen LogP contribution in [0.3, 0.4) is 0 Å². The molecule has 0 bridgehead atoms. The van der Waals surface area contributed by atoms with Gasteiger partial charge in [0.05, 0.1) is 0 Å². The molecule has 1 heterocycles. The van der Waals surface area contributed by atoms with Gasteiger partial charge in [0.2, 0.25) is 0 Å². The molecule has 1 saturated heterocycles. The minimum atomic E-state index is 0. The second-order valence-electron chi connectivity index (χ2n) is 6.94. The molecule has 1 aliphatic heterocycles. The lowest BCUT2D eigenvalue weighted by atomic mass is 10.0. The fourth-order valence-corrected chi connectivity index (χ4v) is 3.52. The number of piperidine rings is 1. The zero-order valence-corrected chi connectivity index (χ0v) is 14.7. The summed E-state index contributed by atoms with van der Waals surface area (Å²) >= 11 is 0. The van der Waals surface area contributed by atoms with Crippen molar-refractivity contribution in [2.45, 2.75) is 31.7 Å². The number of likely N-dealkylation sites (tertiary alicyclic amines) is 1. The van der Waals surface area contributed by atoms with Gasteiger partial charge >= 0.3 is 0 Å². The maximum absolute atomic E-state index is 12.9. The summed E-state index contributed by atoms with van der Waals surface area (Å²) in [5.74, 6) is 1.10. The molecule has 1 saturated carbocycles. The molecule has 1 amide bonds. The molecule has 128 valence electrons. The minimum absolute atomic E-state index is 0. The van der Waals surface area contributed by atoms with E-state index < -0.39 is 0 Å². The molecule has 0 spiro atoms. The van der Waals surface area contributed by atoms with Crippen molar-refractivity contribution in [1.29, 1.82) is 0 Å². The van der Waals surface area contributed by atoms with Crippen molar-refractivity contribution in [2.75, 3.05) is 19.6 Å². The van der Waals surface area contributed by atoms with Crippen molar-refractivity contribution in [3.63, 3.8) is 0 Å². The first-order valence-electron chi connectivity index (χ1n) is 8.82. The Morgan fingerprint density at radius 2 is 1.71 bits per heavy atom. The van der Waals surface area contributed by atoms with Gasteiger partial charge in [0.25, 0.3) is 5.91 Å². The molecule has 2 aliphatic rings. The van der Waals surface area contributed by atoms with Crippen LogP contribution in [-0.2, 0) is 0 Å². The minimum Gasteiger partial charge on any atom is -0.339 e. The van der Waals surface area contributed by atoms with E-state index in [0.717, 1.165) is 48.2 Å². The summed E-state index contributed by atoms with van der Waals surface area (Å²) in [5.41, 5.74) is 0.840. The van der Waals surface area contributed by atoms with Gasteiger partial charge in [-0.3, -0.25) is 4.79 Å². The zero-order valence-electron chi connectivity index (χ0n) is 13.9. The summed E-state index contributed by atoms with van der Waals surface area (Å²) in [7, 11) is 0. The predicted molar refractivity (Wildman–Crippen MR) is 101 cm³/mol. The van der Waals surface area contributed by atoms with Gasteiger partial charge in [0.15, 0.2) is 0 Å². The molecule has 1 N–H and O–H groups in total. The molecule has 24 heavy (non-hydrogen) atoms. The van der Waals surface area contributed by atoms with E-state index in [9.17, 15) is 4.79 Å². The van der Waals surface area contributed by atoms with Gasteiger partial charge < -0.3 is 10.2 Å². The van der Waals surface area contributed by atoms with Crippen molar-refractivity contribution in [2.24, 2.45) is 5.92 Å². The van der Waals surface area contributed by atoms with Crippen LogP contribution in [0.5, 0.6) is 0 Å². The van der Waals surface area contributed by atoms with Crippen LogP contribution in [0, 0.1) is 5.92 Å². The molecule has 3 nitrogen and oxygen atoms in total. The van der Waals surface area contributed by atoms with Crippen LogP contribution in [-0.4, -0.2) is 36.5 Å². The lowest BCUT2D eigenvalue weighted by molar-refractivity contribution is 0.0707. The van der Waals surface area contributed by atoms with Crippen molar-refractivity contribution in [1.82, 2.24) is 10.2 Å². The maximum atomic E-state index is 12.9. The number of carbonyl (C=O) groups is 1. The Morgan fingerprint density at radius 1 is 1.00 bits per heavy atom. The van der Waals surface area contributed by atoms with E-state index in [1.54, 1.807) is 0 Å². The number of rotatable bonds is 4. The molecule has 0 unspecified atom stereocenters. The number of hydrogen-bond donors (Lipinski definition) is 1. The second-order valence-corrected chi connectivity index (χ2v) is 6.94. The smallest absolute Gasteiger partial charge is 0.254 e. The van der Waals surface area contributed by atoms with Crippen LogP contribution >= 0.6 is 12.4 Å². The first-order valence-corrected chi connectivity index (χ1v) is 8.82. The molecular weight excluding hydrogens is 320 g/mol. The van der Waals surface area contributed by atoms with E-state index in [0.29, 0.717) is 6.04 Å². The van der Waals surface area contributed by atoms with E-state index >= 15 is 0 Å². The van der Waals surface area contributed by atoms with Gasteiger partial charge in [-0.25, -0.2) is 0 Å². The van der Waals surface area contributed by atoms with Gasteiger partial charge in [-0.1, -0.05) is 36.4 Å². The van der Waals surface area contributed by atoms with Crippen molar-refractivity contribution < 1.29 is 4.79 Å². The lowest BCUT2D eigenvalue weighted by Crippen LogP contribution is -2.45. The second kappa shape index (κ2) is 7.54. The van der Waals surface area contributed by atoms with Crippen molar-refractivity contribution >= 4 is 29.1 Å². The molecule has 0 atom stereocenters. The highest BCUT2D eigenvalue weighted by atomic mass is 35.5. The molecule has 0 aromatic heterocycles. The number of carbonyl (C=O) groups excluding carboxylic acids is 1. The summed E-state index contributed by atoms with van der Waals surface area (Å²) in [6.45, 7) is 2.90. The van der Waals surface area contributed by atoms with Crippen LogP contribution in [0.2, 0.25) is 0 Å². The number of amides is 1. The van der Waals surface area contributed by atoms with Gasteiger partial charge in [-0.15, -0.1) is 12.4 Å². The fraction of sp³-hybridized carbons (Fsp3) is 0.450. The SMILES string of the molecule is Cl.O=C(c1cccc2ccccc12)N1CCC(NCC2CC2)CC1. The van der Waals surface area contributed by atoms with Crippen LogP contribution < -0.4 is 5.32 Å². The van der Waals surface area contributed by atoms with Crippen molar-refractivity contribution in [3.05, 3.63) is 48.0 Å². The Hall–Kier alpha value is -1.58. The van der Waals surface area contributed by atoms with Crippen LogP contribution in [0.25, 0.3) is 10.8 Å². The Bertz CT molecular complexity index is 700. The third-order valence-corrected chi connectivity index (χ3v) is 5.19. The Morgan fingerprint density at radius 3 is 2.46 bits per heavy atom. The van der Waals surface area contributed by atoms with E-state index in [4.69, 9.17) is 0 Å². The lowest BCUT2D eigenvalue weighted by Gasteiger charge is -2.33. The van der Waals surface area contributed by atoms with Gasteiger partial charge in [0.1, 0.15) is 0 Å². The average molecular weight is 345 g/mol. The molecular formula is C20H25ClN2O. The number of benzene rings is 2. The number of nitrogens with zero attached hydrogens (tertiary/aromatic N) is 1. The Kier molecular flexibility index (Phi) is 5.42. The molecule has 1 aliphatic carbocycles. The summed E-state index contributed by atoms with van der Waals surface area (Å²) in [4.78, 5) is 14.9. The monoisotopic (exact) mass is 344 g/mol. The summed E-state index contributed by atoms with van der Waals surface area (Å²) in [6, 6.07) is 14.8. The van der Waals surface area contributed by atoms with E-state index in [2.05, 4.69) is 17.4 Å². The molecule has 2 aromatic carbocycles.